The number of halogens is 2. The number of carbonyl (C=O) groups excluding carboxylic acids is 2. The molecule has 0 fully saturated rings. The van der Waals surface area contributed by atoms with E-state index in [1.54, 1.807) is 0 Å². The zero-order valence-electron chi connectivity index (χ0n) is 19.3. The number of ether oxygens (including phenoxy) is 4. The van der Waals surface area contributed by atoms with Crippen LogP contribution in [0, 0.1) is 20.2 Å². The van der Waals surface area contributed by atoms with E-state index in [1.165, 1.54) is 14.2 Å². The predicted octanol–water partition coefficient (Wildman–Crippen LogP) is 5.30. The van der Waals surface area contributed by atoms with Crippen LogP contribution in [0.15, 0.2) is 24.3 Å². The standard InChI is InChI=1S/C22H22Cl2N2O10/c1-33-17-9-13(21(23)27)15(25(29)30)11-19(17)35-7-5-3-4-6-8-36-20-12-16(26(31)32)14(22(24)28)10-18(20)34-2/h9-12H,3-8H2,1-2H3. The fourth-order valence-electron chi connectivity index (χ4n) is 3.18. The number of benzene rings is 2. The smallest absolute Gasteiger partial charge is 0.285 e. The first kappa shape index (κ1) is 28.6. The fraction of sp³-hybridized carbons (Fsp3) is 0.364. The lowest BCUT2D eigenvalue weighted by Crippen LogP contribution is -2.05. The summed E-state index contributed by atoms with van der Waals surface area (Å²) in [4.78, 5) is 43.9. The molecule has 36 heavy (non-hydrogen) atoms. The fourth-order valence-corrected chi connectivity index (χ4v) is 3.48. The van der Waals surface area contributed by atoms with Crippen LogP contribution in [0.5, 0.6) is 23.0 Å². The Morgan fingerprint density at radius 2 is 1.06 bits per heavy atom. The third kappa shape index (κ3) is 7.43. The van der Waals surface area contributed by atoms with E-state index in [4.69, 9.17) is 42.1 Å². The van der Waals surface area contributed by atoms with E-state index in [-0.39, 0.29) is 47.3 Å². The summed E-state index contributed by atoms with van der Waals surface area (Å²) in [5, 5.41) is 20.5. The van der Waals surface area contributed by atoms with Gasteiger partial charge in [-0.1, -0.05) is 0 Å². The minimum Gasteiger partial charge on any atom is -0.493 e. The molecule has 0 aliphatic heterocycles. The van der Waals surface area contributed by atoms with E-state index < -0.39 is 31.7 Å². The average molecular weight is 545 g/mol. The third-order valence-corrected chi connectivity index (χ3v) is 5.34. The first-order valence-corrected chi connectivity index (χ1v) is 11.2. The molecule has 2 rings (SSSR count). The highest BCUT2D eigenvalue weighted by Gasteiger charge is 2.24. The van der Waals surface area contributed by atoms with Crippen molar-refractivity contribution in [3.05, 3.63) is 55.6 Å². The van der Waals surface area contributed by atoms with Crippen molar-refractivity contribution < 1.29 is 38.4 Å². The van der Waals surface area contributed by atoms with Crippen LogP contribution < -0.4 is 18.9 Å². The van der Waals surface area contributed by atoms with Gasteiger partial charge in [-0.3, -0.25) is 29.8 Å². The predicted molar refractivity (Wildman–Crippen MR) is 129 cm³/mol. The van der Waals surface area contributed by atoms with Gasteiger partial charge in [0.1, 0.15) is 11.1 Å². The van der Waals surface area contributed by atoms with Gasteiger partial charge >= 0.3 is 0 Å². The Bertz CT molecular complexity index is 1070. The number of hydrogen-bond acceptors (Lipinski definition) is 10. The number of hydrogen-bond donors (Lipinski definition) is 0. The Morgan fingerprint density at radius 1 is 0.694 bits per heavy atom. The van der Waals surface area contributed by atoms with E-state index in [0.29, 0.717) is 12.8 Å². The lowest BCUT2D eigenvalue weighted by atomic mass is 10.1. The molecule has 0 amide bonds. The Labute approximate surface area is 215 Å². The summed E-state index contributed by atoms with van der Waals surface area (Å²) in [5.74, 6) is 0.509. The van der Waals surface area contributed by atoms with Gasteiger partial charge in [0.25, 0.3) is 21.9 Å². The van der Waals surface area contributed by atoms with Crippen LogP contribution in [-0.4, -0.2) is 47.8 Å². The molecule has 2 aromatic carbocycles. The summed E-state index contributed by atoms with van der Waals surface area (Å²) < 4.78 is 21.4. The number of unbranched alkanes of at least 4 members (excludes halogenated alkanes) is 3. The van der Waals surface area contributed by atoms with Crippen molar-refractivity contribution in [2.75, 3.05) is 27.4 Å². The zero-order chi connectivity index (χ0) is 26.8. The highest BCUT2D eigenvalue weighted by atomic mass is 35.5. The van der Waals surface area contributed by atoms with Crippen molar-refractivity contribution in [2.24, 2.45) is 0 Å². The molecule has 14 heteroatoms. The van der Waals surface area contributed by atoms with Gasteiger partial charge in [0.2, 0.25) is 0 Å². The molecule has 0 aromatic heterocycles. The Balaban J connectivity index is 1.86. The lowest BCUT2D eigenvalue weighted by molar-refractivity contribution is -0.385. The largest absolute Gasteiger partial charge is 0.493 e. The maximum absolute atomic E-state index is 11.4. The number of carbonyl (C=O) groups is 2. The molecule has 0 atom stereocenters. The van der Waals surface area contributed by atoms with E-state index in [9.17, 15) is 29.8 Å². The van der Waals surface area contributed by atoms with Crippen molar-refractivity contribution in [2.45, 2.75) is 25.7 Å². The highest BCUT2D eigenvalue weighted by Crippen LogP contribution is 2.36. The van der Waals surface area contributed by atoms with Crippen molar-refractivity contribution >= 4 is 45.1 Å². The number of nitro benzene ring substituents is 2. The van der Waals surface area contributed by atoms with E-state index in [2.05, 4.69) is 0 Å². The highest BCUT2D eigenvalue weighted by molar-refractivity contribution is 6.68. The molecule has 0 unspecified atom stereocenters. The second-order valence-electron chi connectivity index (χ2n) is 7.21. The molecular formula is C22H22Cl2N2O10. The van der Waals surface area contributed by atoms with Crippen molar-refractivity contribution in [1.29, 1.82) is 0 Å². The second-order valence-corrected chi connectivity index (χ2v) is 7.90. The molecule has 0 radical (unpaired) electrons. The van der Waals surface area contributed by atoms with Crippen molar-refractivity contribution in [3.8, 4) is 23.0 Å². The molecular weight excluding hydrogens is 523 g/mol. The minimum atomic E-state index is -0.982. The summed E-state index contributed by atoms with van der Waals surface area (Å²) in [7, 11) is 2.67. The quantitative estimate of drug-likeness (QED) is 0.125. The molecule has 194 valence electrons. The van der Waals surface area contributed by atoms with Gasteiger partial charge in [0.05, 0.1) is 49.4 Å². The third-order valence-electron chi connectivity index (χ3n) is 4.93. The zero-order valence-corrected chi connectivity index (χ0v) is 20.8. The SMILES string of the molecule is COc1cc(C(=O)Cl)c([N+](=O)[O-])cc1OCCCCCCOc1cc([N+](=O)[O-])c(C(=O)Cl)cc1OC. The van der Waals surface area contributed by atoms with Crippen LogP contribution in [0.4, 0.5) is 11.4 Å². The van der Waals surface area contributed by atoms with Gasteiger partial charge in [-0.2, -0.15) is 0 Å². The monoisotopic (exact) mass is 544 g/mol. The molecule has 0 heterocycles. The van der Waals surface area contributed by atoms with E-state index in [0.717, 1.165) is 37.1 Å². The number of nitro groups is 2. The van der Waals surface area contributed by atoms with Crippen LogP contribution >= 0.6 is 23.2 Å². The number of methoxy groups -OCH3 is 2. The van der Waals surface area contributed by atoms with Crippen molar-refractivity contribution in [3.63, 3.8) is 0 Å². The number of nitrogens with zero attached hydrogens (tertiary/aromatic N) is 2. The van der Waals surface area contributed by atoms with Gasteiger partial charge in [0, 0.05) is 12.1 Å². The van der Waals surface area contributed by atoms with Gasteiger partial charge in [-0.05, 0) is 48.9 Å². The number of rotatable bonds is 15. The molecule has 0 bridgehead atoms. The van der Waals surface area contributed by atoms with Crippen LogP contribution in [0.3, 0.4) is 0 Å². The second kappa shape index (κ2) is 13.4. The Morgan fingerprint density at radius 3 is 1.33 bits per heavy atom. The van der Waals surface area contributed by atoms with E-state index >= 15 is 0 Å². The normalized spacial score (nSPS) is 10.4. The summed E-state index contributed by atoms with van der Waals surface area (Å²) >= 11 is 10.8. The first-order valence-electron chi connectivity index (χ1n) is 10.5. The summed E-state index contributed by atoms with van der Waals surface area (Å²) in [6.07, 6.45) is 2.66. The molecule has 0 N–H and O–H groups in total. The molecule has 12 nitrogen and oxygen atoms in total. The van der Waals surface area contributed by atoms with Gasteiger partial charge in [0.15, 0.2) is 23.0 Å². The van der Waals surface area contributed by atoms with Crippen LogP contribution in [-0.2, 0) is 0 Å². The average Bonchev–Trinajstić information content (AvgIpc) is 2.84. The Hall–Kier alpha value is -3.64. The summed E-state index contributed by atoms with van der Waals surface area (Å²) in [6.45, 7) is 0.465. The lowest BCUT2D eigenvalue weighted by Gasteiger charge is -2.12. The topological polar surface area (TPSA) is 157 Å². The molecule has 0 aliphatic rings. The van der Waals surface area contributed by atoms with Gasteiger partial charge in [-0.15, -0.1) is 0 Å². The summed E-state index contributed by atoms with van der Waals surface area (Å²) in [5.41, 5.74) is -1.56. The van der Waals surface area contributed by atoms with E-state index in [1.807, 2.05) is 0 Å². The summed E-state index contributed by atoms with van der Waals surface area (Å²) in [6, 6.07) is 4.51. The van der Waals surface area contributed by atoms with Crippen LogP contribution in [0.1, 0.15) is 46.4 Å². The molecule has 0 spiro atoms. The first-order chi connectivity index (χ1) is 17.1. The molecule has 2 aromatic rings. The molecule has 0 aliphatic carbocycles. The van der Waals surface area contributed by atoms with Gasteiger partial charge in [-0.25, -0.2) is 0 Å². The van der Waals surface area contributed by atoms with Crippen LogP contribution in [0.2, 0.25) is 0 Å². The maximum atomic E-state index is 11.4. The maximum Gasteiger partial charge on any atom is 0.285 e. The van der Waals surface area contributed by atoms with Crippen LogP contribution in [0.25, 0.3) is 0 Å². The van der Waals surface area contributed by atoms with Crippen molar-refractivity contribution in [1.82, 2.24) is 0 Å². The Kier molecular flexibility index (Phi) is 10.7. The minimum absolute atomic E-state index is 0.113. The molecule has 0 saturated heterocycles. The molecule has 0 saturated carbocycles. The van der Waals surface area contributed by atoms with Gasteiger partial charge < -0.3 is 18.9 Å².